The van der Waals surface area contributed by atoms with Crippen LogP contribution in [0.4, 0.5) is 0 Å². The number of carbonyl (C=O) groups is 2. The first-order valence-electron chi connectivity index (χ1n) is 9.38. The number of nitrogens with zero attached hydrogens (tertiary/aromatic N) is 4. The molecule has 12 nitrogen and oxygen atoms in total. The van der Waals surface area contributed by atoms with Crippen LogP contribution in [-0.2, 0) is 24.4 Å². The zero-order chi connectivity index (χ0) is 21.5. The van der Waals surface area contributed by atoms with Crippen LogP contribution in [0.15, 0.2) is 18.3 Å². The number of fused-ring (bicyclic) bond motifs is 1. The van der Waals surface area contributed by atoms with Crippen LogP contribution < -0.4 is 9.39 Å². The Morgan fingerprint density at radius 1 is 1.30 bits per heavy atom. The van der Waals surface area contributed by atoms with Crippen molar-refractivity contribution in [2.45, 2.75) is 32.0 Å². The zero-order valence-corrected chi connectivity index (χ0v) is 15.8. The number of aliphatic hydroxyl groups is 1. The normalized spacial score (nSPS) is 17.6. The molecule has 0 bridgehead atoms. The number of ether oxygens (including phenoxy) is 1. The Labute approximate surface area is 170 Å². The van der Waals surface area contributed by atoms with E-state index in [1.165, 1.54) is 21.8 Å². The second-order valence-electron chi connectivity index (χ2n) is 7.33. The van der Waals surface area contributed by atoms with E-state index in [0.717, 1.165) is 0 Å². The lowest BCUT2D eigenvalue weighted by molar-refractivity contribution is -0.141. The van der Waals surface area contributed by atoms with E-state index in [4.69, 9.17) is 9.39 Å². The molecule has 0 radical (unpaired) electrons. The van der Waals surface area contributed by atoms with Gasteiger partial charge >= 0.3 is 12.7 Å². The first-order valence-corrected chi connectivity index (χ1v) is 9.38. The van der Waals surface area contributed by atoms with Crippen molar-refractivity contribution in [2.24, 2.45) is 0 Å². The lowest BCUT2D eigenvalue weighted by atomic mass is 9.70. The summed E-state index contributed by atoms with van der Waals surface area (Å²) in [7, 11) is 0. The molecule has 2 aliphatic rings. The van der Waals surface area contributed by atoms with E-state index >= 15 is 0 Å². The highest BCUT2D eigenvalue weighted by atomic mass is 16.6. The number of aromatic carboxylic acids is 1. The molecule has 2 aromatic rings. The van der Waals surface area contributed by atoms with Crippen LogP contribution in [0.1, 0.15) is 21.6 Å². The van der Waals surface area contributed by atoms with Crippen LogP contribution >= 0.6 is 0 Å². The van der Waals surface area contributed by atoms with Gasteiger partial charge in [0.1, 0.15) is 24.0 Å². The lowest BCUT2D eigenvalue weighted by Gasteiger charge is -2.40. The van der Waals surface area contributed by atoms with Gasteiger partial charge in [0.2, 0.25) is 5.91 Å². The summed E-state index contributed by atoms with van der Waals surface area (Å²) >= 11 is 0. The van der Waals surface area contributed by atoms with E-state index in [1.54, 1.807) is 6.07 Å². The standard InChI is InChI=1S/C17H20BN4O8/c23-9-11-5-19-20-22(11)8-14(24)21-6-12(7-21)29-13-2-1-10-3-4-18(27,28)30-16(10)15(13)17(25)26/h1-2,5,12,23,27-28H,3-4,6-9H2,(H,25,26)/q-1. The highest BCUT2D eigenvalue weighted by Gasteiger charge is 2.36. The maximum atomic E-state index is 12.3. The Morgan fingerprint density at radius 3 is 2.77 bits per heavy atom. The van der Waals surface area contributed by atoms with E-state index in [-0.39, 0.29) is 62.0 Å². The first kappa shape index (κ1) is 20.1. The highest BCUT2D eigenvalue weighted by Crippen LogP contribution is 2.38. The number of aromatic nitrogens is 3. The van der Waals surface area contributed by atoms with Crippen LogP contribution in [-0.4, -0.2) is 78.0 Å². The van der Waals surface area contributed by atoms with Crippen LogP contribution in [0.25, 0.3) is 0 Å². The van der Waals surface area contributed by atoms with Crippen molar-refractivity contribution in [3.8, 4) is 11.5 Å². The van der Waals surface area contributed by atoms with Crippen molar-refractivity contribution in [3.05, 3.63) is 35.2 Å². The molecule has 3 heterocycles. The number of likely N-dealkylation sites (tertiary alicyclic amines) is 1. The first-order chi connectivity index (χ1) is 14.3. The number of aryl methyl sites for hydroxylation is 1. The second-order valence-corrected chi connectivity index (χ2v) is 7.33. The summed E-state index contributed by atoms with van der Waals surface area (Å²) in [5.74, 6) is -1.63. The molecule has 1 aromatic heterocycles. The van der Waals surface area contributed by atoms with Gasteiger partial charge in [-0.3, -0.25) is 4.79 Å². The van der Waals surface area contributed by atoms with Gasteiger partial charge in [-0.2, -0.15) is 0 Å². The minimum atomic E-state index is -3.12. The summed E-state index contributed by atoms with van der Waals surface area (Å²) < 4.78 is 12.2. The summed E-state index contributed by atoms with van der Waals surface area (Å²) in [6, 6.07) is 3.14. The fraction of sp³-hybridized carbons (Fsp3) is 0.412. The van der Waals surface area contributed by atoms with Crippen LogP contribution in [0.5, 0.6) is 11.5 Å². The minimum absolute atomic E-state index is 0.0181. The average molecular weight is 419 g/mol. The number of aliphatic hydroxyl groups excluding tert-OH is 1. The molecule has 1 fully saturated rings. The quantitative estimate of drug-likeness (QED) is 0.410. The number of benzene rings is 1. The molecule has 4 N–H and O–H groups in total. The Bertz CT molecular complexity index is 988. The monoisotopic (exact) mass is 419 g/mol. The third-order valence-corrected chi connectivity index (χ3v) is 5.15. The maximum Gasteiger partial charge on any atom is 0.430 e. The third kappa shape index (κ3) is 3.82. The second kappa shape index (κ2) is 7.59. The van der Waals surface area contributed by atoms with E-state index in [9.17, 15) is 29.9 Å². The molecule has 0 spiro atoms. The molecule has 1 saturated heterocycles. The number of hydrogen-bond acceptors (Lipinski definition) is 9. The van der Waals surface area contributed by atoms with Crippen molar-refractivity contribution in [1.29, 1.82) is 0 Å². The van der Waals surface area contributed by atoms with E-state index in [0.29, 0.717) is 11.3 Å². The lowest BCUT2D eigenvalue weighted by Crippen LogP contribution is -2.57. The molecule has 2 aliphatic heterocycles. The largest absolute Gasteiger partial charge is 0.669 e. The molecule has 0 atom stereocenters. The average Bonchev–Trinajstić information content (AvgIpc) is 3.09. The zero-order valence-electron chi connectivity index (χ0n) is 15.8. The fourth-order valence-electron chi connectivity index (χ4n) is 3.49. The van der Waals surface area contributed by atoms with Crippen molar-refractivity contribution >= 4 is 18.6 Å². The minimum Gasteiger partial charge on any atom is -0.669 e. The predicted octanol–water partition coefficient (Wildman–Crippen LogP) is -1.38. The van der Waals surface area contributed by atoms with E-state index < -0.39 is 18.8 Å². The van der Waals surface area contributed by atoms with Gasteiger partial charge in [0.15, 0.2) is 0 Å². The summed E-state index contributed by atoms with van der Waals surface area (Å²) in [6.45, 7) is -2.99. The number of amides is 1. The smallest absolute Gasteiger partial charge is 0.430 e. The van der Waals surface area contributed by atoms with Gasteiger partial charge in [0, 0.05) is 0 Å². The van der Waals surface area contributed by atoms with Crippen molar-refractivity contribution in [3.63, 3.8) is 0 Å². The molecule has 0 aliphatic carbocycles. The number of carboxylic acids is 1. The van der Waals surface area contributed by atoms with E-state index in [2.05, 4.69) is 10.3 Å². The number of carbonyl (C=O) groups excluding carboxylic acids is 1. The molecule has 0 saturated carbocycles. The molecule has 13 heteroatoms. The van der Waals surface area contributed by atoms with Gasteiger partial charge in [-0.15, -0.1) is 5.10 Å². The number of rotatable bonds is 6. The highest BCUT2D eigenvalue weighted by molar-refractivity contribution is 6.59. The Hall–Kier alpha value is -3.16. The Kier molecular flexibility index (Phi) is 5.09. The molecule has 4 rings (SSSR count). The van der Waals surface area contributed by atoms with Gasteiger partial charge in [0.05, 0.1) is 37.3 Å². The van der Waals surface area contributed by atoms with Crippen LogP contribution in [0.3, 0.4) is 0 Å². The topological polar surface area (TPSA) is 167 Å². The SMILES string of the molecule is O=C(O)c1c(OC2CN(C(=O)Cn3nncc3CO)C2)ccc2c1O[B-](O)(O)CC2. The maximum absolute atomic E-state index is 12.3. The third-order valence-electron chi connectivity index (χ3n) is 5.15. The molecule has 0 unspecified atom stereocenters. The number of hydrogen-bond donors (Lipinski definition) is 4. The summed E-state index contributed by atoms with van der Waals surface area (Å²) in [4.78, 5) is 25.6. The Balaban J connectivity index is 1.42. The summed E-state index contributed by atoms with van der Waals surface area (Å²) in [5, 5.41) is 45.8. The predicted molar refractivity (Wildman–Crippen MR) is 99.7 cm³/mol. The van der Waals surface area contributed by atoms with Crippen molar-refractivity contribution < 1.29 is 39.2 Å². The molecule has 1 amide bonds. The van der Waals surface area contributed by atoms with Gasteiger partial charge in [0.25, 0.3) is 0 Å². The Morgan fingerprint density at radius 2 is 2.07 bits per heavy atom. The molecule has 160 valence electrons. The van der Waals surface area contributed by atoms with E-state index in [1.807, 2.05) is 0 Å². The van der Waals surface area contributed by atoms with Crippen LogP contribution in [0, 0.1) is 0 Å². The van der Waals surface area contributed by atoms with Gasteiger partial charge in [-0.05, 0) is 18.1 Å². The summed E-state index contributed by atoms with van der Waals surface area (Å²) in [6.07, 6.45) is 1.19. The van der Waals surface area contributed by atoms with Crippen molar-refractivity contribution in [2.75, 3.05) is 13.1 Å². The van der Waals surface area contributed by atoms with Gasteiger partial charge in [-0.25, -0.2) is 9.48 Å². The summed E-state index contributed by atoms with van der Waals surface area (Å²) in [5.41, 5.74) is 0.696. The van der Waals surface area contributed by atoms with Crippen molar-refractivity contribution in [1.82, 2.24) is 19.9 Å². The molecule has 1 aromatic carbocycles. The van der Waals surface area contributed by atoms with Gasteiger partial charge < -0.3 is 34.6 Å². The molecular weight excluding hydrogens is 399 g/mol. The molecular formula is C17H20BN4O8-. The molecule has 30 heavy (non-hydrogen) atoms. The fourth-order valence-corrected chi connectivity index (χ4v) is 3.49. The van der Waals surface area contributed by atoms with Crippen LogP contribution in [0.2, 0.25) is 6.32 Å². The number of carboxylic acid groups (broad SMARTS) is 1. The van der Waals surface area contributed by atoms with Gasteiger partial charge in [-0.1, -0.05) is 17.6 Å².